The minimum Gasteiger partial charge on any atom is -0.292 e. The third-order valence-corrected chi connectivity index (χ3v) is 18.2. The summed E-state index contributed by atoms with van der Waals surface area (Å²) in [5, 5.41) is 103. The van der Waals surface area contributed by atoms with Gasteiger partial charge in [-0.1, -0.05) is 0 Å². The van der Waals surface area contributed by atoms with Crippen LogP contribution >= 0.6 is 0 Å². The maximum atomic E-state index is 11.9. The van der Waals surface area contributed by atoms with Crippen LogP contribution in [0.3, 0.4) is 0 Å². The van der Waals surface area contributed by atoms with E-state index in [-0.39, 0.29) is 39.0 Å². The predicted molar refractivity (Wildman–Crippen MR) is 461 cm³/mol. The Labute approximate surface area is 772 Å². The fourth-order valence-corrected chi connectivity index (χ4v) is 12.1. The average Bonchev–Trinajstić information content (AvgIpc) is 1.63. The first-order valence-electron chi connectivity index (χ1n) is 36.1. The molecule has 42 nitrogen and oxygen atoms in total. The van der Waals surface area contributed by atoms with Crippen molar-refractivity contribution in [1.82, 2.24) is 29.9 Å². The second kappa shape index (κ2) is 46.0. The summed E-state index contributed by atoms with van der Waals surface area (Å²) in [5.74, 6) is -8.81. The number of rotatable bonds is 6. The predicted octanol–water partition coefficient (Wildman–Crippen LogP) is 5.77. The van der Waals surface area contributed by atoms with E-state index >= 15 is 0 Å². The number of hydrogen-bond donors (Lipinski definition) is 0. The van der Waals surface area contributed by atoms with Crippen molar-refractivity contribution in [3.05, 3.63) is 486 Å². The third-order valence-electron chi connectivity index (χ3n) is 18.2. The van der Waals surface area contributed by atoms with Gasteiger partial charge in [-0.05, 0) is 167 Å². The van der Waals surface area contributed by atoms with Crippen molar-refractivity contribution in [2.45, 2.75) is 0 Å². The normalized spacial score (nSPS) is 12.8. The molecule has 5 aliphatic carbocycles. The maximum absolute atomic E-state index is 11.9. The van der Waals surface area contributed by atoms with Gasteiger partial charge >= 0.3 is 0 Å². The second-order valence-corrected chi connectivity index (χ2v) is 25.0. The van der Waals surface area contributed by atoms with E-state index in [1.54, 1.807) is 24.3 Å². The number of aromatic nitrogens is 6. The molecule has 5 aliphatic rings. The molecule has 13 rings (SSSR count). The van der Waals surface area contributed by atoms with Gasteiger partial charge in [0.25, 0.3) is 97.3 Å². The molecule has 0 spiro atoms. The molecule has 0 bridgehead atoms. The zero-order chi connectivity index (χ0) is 102. The summed E-state index contributed by atoms with van der Waals surface area (Å²) in [6.07, 6.45) is 22.1. The zero-order valence-corrected chi connectivity index (χ0v) is 68.2. The monoisotopic (exact) mass is 1790 g/mol. The first-order chi connectivity index (χ1) is 66.6. The van der Waals surface area contributed by atoms with Gasteiger partial charge in [0.15, 0.2) is 16.6 Å². The van der Waals surface area contributed by atoms with Gasteiger partial charge in [0.05, 0.1) is 168 Å². The molecule has 0 saturated heterocycles. The fourth-order valence-electron chi connectivity index (χ4n) is 12.1. The first kappa shape index (κ1) is 99.9. The van der Waals surface area contributed by atoms with E-state index < -0.39 is 163 Å². The van der Waals surface area contributed by atoms with Crippen LogP contribution in [0, 0.1) is 215 Å². The Morgan fingerprint density at radius 2 is 0.319 bits per heavy atom. The highest BCUT2D eigenvalue weighted by molar-refractivity contribution is 7.08. The summed E-state index contributed by atoms with van der Waals surface area (Å²) in [6, 6.07) is 42.6. The van der Waals surface area contributed by atoms with Crippen LogP contribution in [0.15, 0.2) is 273 Å². The maximum Gasteiger partial charge on any atom is 0.281 e. The molecule has 0 radical (unpaired) electrons. The Morgan fingerprint density at radius 1 is 0.174 bits per heavy atom. The van der Waals surface area contributed by atoms with Crippen molar-refractivity contribution in [2.75, 3.05) is 0 Å². The molecule has 0 amide bonds. The summed E-state index contributed by atoms with van der Waals surface area (Å²) in [6.45, 7) is 81.3. The van der Waals surface area contributed by atoms with Gasteiger partial charge in [-0.25, -0.2) is 121 Å². The largest absolute Gasteiger partial charge is 0.292 e. The van der Waals surface area contributed by atoms with Crippen molar-refractivity contribution in [2.24, 2.45) is 0 Å². The molecule has 5 fully saturated rings. The summed E-state index contributed by atoms with van der Waals surface area (Å²) in [7, 11) is 0. The molecule has 0 unspecified atom stereocenters. The second-order valence-electron chi connectivity index (χ2n) is 25.0. The quantitative estimate of drug-likeness (QED) is 0.0626. The number of carbonyl (C=O) groups excluding carboxylic acids is 8. The molecule has 0 atom stereocenters. The van der Waals surface area contributed by atoms with Crippen LogP contribution in [-0.4, -0.2) is 76.2 Å². The lowest BCUT2D eigenvalue weighted by atomic mass is 9.70. The third kappa shape index (κ3) is 19.6. The van der Waals surface area contributed by atoms with Crippen molar-refractivity contribution < 1.29 is 38.4 Å². The van der Waals surface area contributed by atoms with Crippen LogP contribution in [0.4, 0.5) is 0 Å². The summed E-state index contributed by atoms with van der Waals surface area (Å²) in [4.78, 5) is 188. The Bertz CT molecular complexity index is 7900. The van der Waals surface area contributed by atoms with E-state index in [9.17, 15) is 57.5 Å². The van der Waals surface area contributed by atoms with Gasteiger partial charge in [0.1, 0.15) is 0 Å². The first-order valence-corrected chi connectivity index (χ1v) is 36.1. The molecule has 630 valence electrons. The summed E-state index contributed by atoms with van der Waals surface area (Å²) >= 11 is 0. The SMILES string of the molecule is O=C1C(=O)C(=O)C1=O.[C-]#[N+]/C(C#N)=c1\c(=O)c(=O)\c1=C(/C#N)[N+]#[C-].[C-]#[N+]C(C#N)=C1/C(=C(/C#N)[N+]#[C-])C(=O)/C1=C(\C#N)[N+]#[C-].[C-]#[N+]C(C#N)=C1C(=C(C#N)[N+]#[C-])C(=C(C#N)[N+]#[C-])C1=C(C#N)[N+]#[C-].[C-]#[N+]C(C#N)=C1C(=O)C(=O)C1=O.[C-]#[N+]C(C#N)=c1c(=O)c(=C(C#N)[N+]#[C-])c1=O.c1cc(C(=C2C(=C(c3ccncc3)c3ccncc3)C2=C(c2ccncc2)c2ccncc2)c2ccncc2)ccn1. The van der Waals surface area contributed by atoms with Gasteiger partial charge in [-0.3, -0.25) is 87.4 Å². The molecule has 138 heavy (non-hydrogen) atoms. The fraction of sp³-hybridized carbons (Fsp3) is 0. The molecule has 6 aromatic heterocycles. The van der Waals surface area contributed by atoms with Gasteiger partial charge < -0.3 is 0 Å². The van der Waals surface area contributed by atoms with Gasteiger partial charge in [-0.2, -0.15) is 0 Å². The lowest BCUT2D eigenvalue weighted by Gasteiger charge is -2.32. The lowest BCUT2D eigenvalue weighted by Crippen LogP contribution is -2.65. The average molecular weight is 1790 g/mol. The lowest BCUT2D eigenvalue weighted by molar-refractivity contribution is -0.158. The van der Waals surface area contributed by atoms with E-state index in [4.69, 9.17) is 142 Å². The zero-order valence-electron chi connectivity index (χ0n) is 68.2. The number of carbonyl (C=O) groups is 8. The number of nitrogens with zero attached hydrogens (tertiary/aromatic N) is 30. The van der Waals surface area contributed by atoms with Crippen molar-refractivity contribution in [1.29, 1.82) is 63.1 Å². The highest BCUT2D eigenvalue weighted by atomic mass is 16.2. The Hall–Kier alpha value is -25.2. The number of Topliss-reactive ketones (excluding diaryl/α,β-unsaturated/α-hetero) is 8. The molecule has 8 aromatic rings. The molecule has 42 heteroatoms. The highest BCUT2D eigenvalue weighted by Gasteiger charge is 2.48. The van der Waals surface area contributed by atoms with E-state index in [1.807, 2.05) is 74.4 Å². The molecular formula is C96H24N30O12. The van der Waals surface area contributed by atoms with Gasteiger partial charge in [0, 0.05) is 95.9 Å². The van der Waals surface area contributed by atoms with Crippen LogP contribution in [-0.2, 0) is 38.4 Å². The molecule has 6 heterocycles. The van der Waals surface area contributed by atoms with Crippen molar-refractivity contribution in [3.8, 4) is 72.8 Å². The van der Waals surface area contributed by atoms with Gasteiger partial charge in [-0.15, -0.1) is 0 Å². The smallest absolute Gasteiger partial charge is 0.281 e. The Kier molecular flexibility index (Phi) is 33.3. The molecule has 0 aliphatic heterocycles. The Balaban J connectivity index is 0.000000234. The van der Waals surface area contributed by atoms with Crippen molar-refractivity contribution in [3.63, 3.8) is 0 Å². The molecular weight excluding hydrogens is 1770 g/mol. The molecule has 0 N–H and O–H groups in total. The number of ketones is 8. The molecule has 2 aromatic carbocycles. The number of pyridine rings is 6. The Morgan fingerprint density at radius 3 is 0.486 bits per heavy atom. The number of allylic oxidation sites excluding steroid dienone is 19. The minimum absolute atomic E-state index is 0.237. The standard InChI is InChI=1S/C36H24N6.C16N8.C13N6O.2C10N4O2.C7N2O3.C4O4/c1-13-37-14-2-25(1)31(26-3-15-38-16-4-26)34-35(32(27-5-17-39-18-6-27)28-7-19-40-20-8-28)36(34)33(29-9-21-41-22-10-29)30-11-23-42-24-12-30;1-21-9(5-17)13-14(10(6-18)22-2)16(12(8-20)24-4)15(13)11(7-19)23-3;1-17-7(4-14)10-11(8(5-15)18-2)13(20)12(10)9(6-16)19-3;1-13-5(3-11)7-9(15)8(10(7)16)6(4-12)14-2;1-13-5(3-11)7-8(6(4-12)14-2)10(16)9(7)15;1-9-3(2-8)4-5(10)7(12)6(4)11;5-1-2(6)4(8)3(1)7/h1-24H;;;;;;/b;;11-8+,12-9+;;7-5-,8-6+;;. The van der Waals surface area contributed by atoms with Crippen LogP contribution < -0.4 is 42.6 Å². The topological polar surface area (TPSA) is 620 Å². The van der Waals surface area contributed by atoms with E-state index in [0.29, 0.717) is 0 Å². The van der Waals surface area contributed by atoms with Crippen LogP contribution in [0.25, 0.3) is 97.6 Å². The van der Waals surface area contributed by atoms with E-state index in [0.717, 1.165) is 50.1 Å². The number of hydrogen-bond acceptors (Lipinski definition) is 30. The van der Waals surface area contributed by atoms with E-state index in [2.05, 4.69) is 161 Å². The summed E-state index contributed by atoms with van der Waals surface area (Å²) < 4.78 is 0. The molecule has 5 saturated carbocycles. The minimum atomic E-state index is -1.19. The van der Waals surface area contributed by atoms with Crippen LogP contribution in [0.2, 0.25) is 0 Å². The van der Waals surface area contributed by atoms with E-state index in [1.165, 1.54) is 65.3 Å². The number of nitriles is 12. The summed E-state index contributed by atoms with van der Waals surface area (Å²) in [5.41, 5.74) is 0.128. The van der Waals surface area contributed by atoms with Crippen LogP contribution in [0.5, 0.6) is 0 Å². The van der Waals surface area contributed by atoms with Gasteiger partial charge in [0.2, 0.25) is 22.4 Å². The van der Waals surface area contributed by atoms with Crippen LogP contribution in [0.1, 0.15) is 33.4 Å². The van der Waals surface area contributed by atoms with Crippen molar-refractivity contribution >= 4 is 85.8 Å². The highest BCUT2D eigenvalue weighted by Crippen LogP contribution is 2.59.